The van der Waals surface area contributed by atoms with Gasteiger partial charge in [-0.25, -0.2) is 9.79 Å². The van der Waals surface area contributed by atoms with Gasteiger partial charge >= 0.3 is 5.97 Å². The number of aliphatic imine (C=N–C) groups is 1. The monoisotopic (exact) mass is 363 g/mol. The second-order valence-corrected chi connectivity index (χ2v) is 5.47. The van der Waals surface area contributed by atoms with Crippen molar-refractivity contribution < 1.29 is 23.7 Å². The van der Waals surface area contributed by atoms with E-state index in [2.05, 4.69) is 10.9 Å². The number of esters is 1. The highest BCUT2D eigenvalue weighted by molar-refractivity contribution is 6.12. The minimum atomic E-state index is -0.521. The van der Waals surface area contributed by atoms with Crippen molar-refractivity contribution >= 4 is 17.9 Å². The van der Waals surface area contributed by atoms with Crippen molar-refractivity contribution in [3.63, 3.8) is 0 Å². The average Bonchev–Trinajstić information content (AvgIpc) is 3.07. The van der Waals surface area contributed by atoms with Gasteiger partial charge in [0, 0.05) is 5.56 Å². The summed E-state index contributed by atoms with van der Waals surface area (Å²) in [6.45, 7) is 0.138. The Hall–Kier alpha value is -3.72. The molecule has 136 valence electrons. The first-order chi connectivity index (χ1) is 13.1. The first-order valence-electron chi connectivity index (χ1n) is 8.06. The minimum absolute atomic E-state index is 0.138. The van der Waals surface area contributed by atoms with Crippen LogP contribution in [0.4, 0.5) is 0 Å². The first kappa shape index (κ1) is 18.1. The Morgan fingerprint density at radius 3 is 2.56 bits per heavy atom. The molecule has 6 nitrogen and oxygen atoms in total. The fourth-order valence-electron chi connectivity index (χ4n) is 2.44. The molecular weight excluding hydrogens is 346 g/mol. The molecule has 0 amide bonds. The van der Waals surface area contributed by atoms with Crippen LogP contribution in [0.3, 0.4) is 0 Å². The molecule has 0 radical (unpaired) electrons. The van der Waals surface area contributed by atoms with Gasteiger partial charge in [0.1, 0.15) is 12.4 Å². The van der Waals surface area contributed by atoms with Crippen molar-refractivity contribution in [3.8, 4) is 29.6 Å². The average molecular weight is 363 g/mol. The van der Waals surface area contributed by atoms with Gasteiger partial charge in [-0.1, -0.05) is 12.0 Å². The van der Waals surface area contributed by atoms with Gasteiger partial charge in [0.05, 0.1) is 14.2 Å². The zero-order valence-electron chi connectivity index (χ0n) is 14.9. The Bertz CT molecular complexity index is 952. The fraction of sp³-hybridized carbons (Fsp3) is 0.143. The summed E-state index contributed by atoms with van der Waals surface area (Å²) in [5.74, 6) is 3.86. The summed E-state index contributed by atoms with van der Waals surface area (Å²) in [4.78, 5) is 16.4. The van der Waals surface area contributed by atoms with E-state index in [1.54, 1.807) is 55.7 Å². The molecule has 0 spiro atoms. The predicted molar refractivity (Wildman–Crippen MR) is 101 cm³/mol. The number of benzene rings is 2. The van der Waals surface area contributed by atoms with Crippen LogP contribution in [-0.2, 0) is 9.53 Å². The Balaban J connectivity index is 1.86. The van der Waals surface area contributed by atoms with Gasteiger partial charge in [-0.05, 0) is 48.0 Å². The second-order valence-electron chi connectivity index (χ2n) is 5.47. The quantitative estimate of drug-likeness (QED) is 0.448. The van der Waals surface area contributed by atoms with E-state index in [4.69, 9.17) is 25.4 Å². The predicted octanol–water partition coefficient (Wildman–Crippen LogP) is 3.06. The van der Waals surface area contributed by atoms with Crippen molar-refractivity contribution in [2.45, 2.75) is 0 Å². The topological polar surface area (TPSA) is 66.3 Å². The molecule has 2 aromatic carbocycles. The second kappa shape index (κ2) is 8.11. The lowest BCUT2D eigenvalue weighted by Crippen LogP contribution is -2.05. The minimum Gasteiger partial charge on any atom is -0.497 e. The van der Waals surface area contributed by atoms with Crippen molar-refractivity contribution in [2.75, 3.05) is 20.8 Å². The third-order valence-corrected chi connectivity index (χ3v) is 3.76. The largest absolute Gasteiger partial charge is 0.497 e. The summed E-state index contributed by atoms with van der Waals surface area (Å²) in [7, 11) is 3.11. The molecule has 2 aromatic rings. The standard InChI is InChI=1S/C21H17NO5/c1-4-11-26-18-10-5-14(13-19(18)25-3)12-17-21(23)27-20(22-17)15-6-8-16(24-2)9-7-15/h1,5-10,12-13H,11H2,2-3H3/b17-12+. The van der Waals surface area contributed by atoms with Gasteiger partial charge in [-0.3, -0.25) is 0 Å². The van der Waals surface area contributed by atoms with Crippen LogP contribution in [0, 0.1) is 12.3 Å². The molecule has 1 heterocycles. The van der Waals surface area contributed by atoms with E-state index in [0.717, 1.165) is 0 Å². The molecule has 0 bridgehead atoms. The summed E-state index contributed by atoms with van der Waals surface area (Å²) in [6.07, 6.45) is 6.82. The van der Waals surface area contributed by atoms with E-state index in [1.807, 2.05) is 0 Å². The molecule has 0 saturated heterocycles. The number of rotatable bonds is 6. The van der Waals surface area contributed by atoms with Crippen LogP contribution in [-0.4, -0.2) is 32.7 Å². The van der Waals surface area contributed by atoms with Crippen LogP contribution < -0.4 is 14.2 Å². The maximum absolute atomic E-state index is 12.1. The number of hydrogen-bond acceptors (Lipinski definition) is 6. The van der Waals surface area contributed by atoms with E-state index in [0.29, 0.717) is 28.4 Å². The van der Waals surface area contributed by atoms with E-state index < -0.39 is 5.97 Å². The molecule has 0 N–H and O–H groups in total. The summed E-state index contributed by atoms with van der Waals surface area (Å²) in [5, 5.41) is 0. The number of hydrogen-bond donors (Lipinski definition) is 0. The molecule has 0 saturated carbocycles. The van der Waals surface area contributed by atoms with Gasteiger partial charge in [-0.15, -0.1) is 6.42 Å². The molecule has 1 aliphatic rings. The Labute approximate surface area is 157 Å². The number of carbonyl (C=O) groups is 1. The maximum atomic E-state index is 12.1. The number of cyclic esters (lactones) is 1. The fourth-order valence-corrected chi connectivity index (χ4v) is 2.44. The number of ether oxygens (including phenoxy) is 4. The summed E-state index contributed by atoms with van der Waals surface area (Å²) in [6, 6.07) is 12.3. The SMILES string of the molecule is C#CCOc1ccc(/C=C2/N=C(c3ccc(OC)cc3)OC2=O)cc1OC. The molecule has 0 unspecified atom stereocenters. The van der Waals surface area contributed by atoms with Gasteiger partial charge in [-0.2, -0.15) is 0 Å². The smallest absolute Gasteiger partial charge is 0.363 e. The van der Waals surface area contributed by atoms with Crippen LogP contribution in [0.5, 0.6) is 17.2 Å². The van der Waals surface area contributed by atoms with E-state index >= 15 is 0 Å². The van der Waals surface area contributed by atoms with Gasteiger partial charge < -0.3 is 18.9 Å². The third-order valence-electron chi connectivity index (χ3n) is 3.76. The molecule has 0 aromatic heterocycles. The molecule has 0 aliphatic carbocycles. The van der Waals surface area contributed by atoms with E-state index in [-0.39, 0.29) is 18.2 Å². The lowest BCUT2D eigenvalue weighted by atomic mass is 10.1. The highest BCUT2D eigenvalue weighted by atomic mass is 16.6. The molecule has 6 heteroatoms. The van der Waals surface area contributed by atoms with Crippen LogP contribution >= 0.6 is 0 Å². The van der Waals surface area contributed by atoms with Crippen LogP contribution in [0.1, 0.15) is 11.1 Å². The third kappa shape index (κ3) is 4.10. The van der Waals surface area contributed by atoms with Crippen molar-refractivity contribution in [1.82, 2.24) is 0 Å². The van der Waals surface area contributed by atoms with Gasteiger partial charge in [0.2, 0.25) is 5.90 Å². The van der Waals surface area contributed by atoms with Crippen molar-refractivity contribution in [2.24, 2.45) is 4.99 Å². The van der Waals surface area contributed by atoms with Crippen molar-refractivity contribution in [1.29, 1.82) is 0 Å². The van der Waals surface area contributed by atoms with E-state index in [9.17, 15) is 4.79 Å². The molecule has 3 rings (SSSR count). The molecule has 0 fully saturated rings. The Kier molecular flexibility index (Phi) is 5.43. The number of terminal acetylenes is 1. The molecule has 1 aliphatic heterocycles. The van der Waals surface area contributed by atoms with Crippen LogP contribution in [0.15, 0.2) is 53.2 Å². The molecular formula is C21H17NO5. The number of carbonyl (C=O) groups excluding carboxylic acids is 1. The summed E-state index contributed by atoms with van der Waals surface area (Å²) < 4.78 is 21.1. The molecule has 0 atom stereocenters. The highest BCUT2D eigenvalue weighted by Gasteiger charge is 2.24. The lowest BCUT2D eigenvalue weighted by Gasteiger charge is -2.09. The van der Waals surface area contributed by atoms with E-state index in [1.165, 1.54) is 7.11 Å². The number of nitrogens with zero attached hydrogens (tertiary/aromatic N) is 1. The summed E-state index contributed by atoms with van der Waals surface area (Å²) >= 11 is 0. The highest BCUT2D eigenvalue weighted by Crippen LogP contribution is 2.29. The summed E-state index contributed by atoms with van der Waals surface area (Å²) in [5.41, 5.74) is 1.59. The first-order valence-corrected chi connectivity index (χ1v) is 8.06. The van der Waals surface area contributed by atoms with Gasteiger partial charge in [0.15, 0.2) is 17.2 Å². The zero-order chi connectivity index (χ0) is 19.2. The van der Waals surface area contributed by atoms with Crippen molar-refractivity contribution in [3.05, 3.63) is 59.3 Å². The lowest BCUT2D eigenvalue weighted by molar-refractivity contribution is -0.129. The Morgan fingerprint density at radius 1 is 1.11 bits per heavy atom. The van der Waals surface area contributed by atoms with Crippen LogP contribution in [0.2, 0.25) is 0 Å². The molecule has 27 heavy (non-hydrogen) atoms. The van der Waals surface area contributed by atoms with Crippen LogP contribution in [0.25, 0.3) is 6.08 Å². The Morgan fingerprint density at radius 2 is 1.89 bits per heavy atom. The van der Waals surface area contributed by atoms with Gasteiger partial charge in [0.25, 0.3) is 0 Å². The maximum Gasteiger partial charge on any atom is 0.363 e. The number of methoxy groups -OCH3 is 2. The zero-order valence-corrected chi connectivity index (χ0v) is 14.9. The normalized spacial score (nSPS) is 14.3.